The summed E-state index contributed by atoms with van der Waals surface area (Å²) in [7, 11) is 6.81. The molecule has 0 bridgehead atoms. The van der Waals surface area contributed by atoms with E-state index in [0.717, 1.165) is 28.4 Å². The number of likely N-dealkylation sites (N-methyl/N-ethyl adjacent to an activating group) is 2. The van der Waals surface area contributed by atoms with Crippen LogP contribution in [0.25, 0.3) is 0 Å². The van der Waals surface area contributed by atoms with Crippen molar-refractivity contribution >= 4 is 88.0 Å². The minimum atomic E-state index is -1.12. The number of aliphatic carboxylic acids is 1. The first-order valence-corrected chi connectivity index (χ1v) is 40.2. The van der Waals surface area contributed by atoms with Gasteiger partial charge in [0, 0.05) is 76.6 Å². The number of carbonyl (C=O) groups is 12. The molecular formula is C78H127N11O26S. The van der Waals surface area contributed by atoms with Gasteiger partial charge in [-0.1, -0.05) is 47.1 Å². The first kappa shape index (κ1) is 102. The molecule has 0 aliphatic carbocycles. The molecule has 1 aliphatic rings. The Morgan fingerprint density at radius 2 is 1.20 bits per heavy atom. The van der Waals surface area contributed by atoms with E-state index in [1.165, 1.54) is 31.4 Å². The van der Waals surface area contributed by atoms with Gasteiger partial charge in [0.2, 0.25) is 41.4 Å². The third kappa shape index (κ3) is 42.2. The van der Waals surface area contributed by atoms with E-state index in [1.54, 1.807) is 58.0 Å². The zero-order chi connectivity index (χ0) is 85.8. The highest BCUT2D eigenvalue weighted by molar-refractivity contribution is 7.09. The Morgan fingerprint density at radius 1 is 0.638 bits per heavy atom. The van der Waals surface area contributed by atoms with Gasteiger partial charge in [-0.3, -0.25) is 67.3 Å². The van der Waals surface area contributed by atoms with Gasteiger partial charge in [0.1, 0.15) is 41.9 Å². The normalized spacial score (nSPS) is 14.0. The number of aromatic nitrogens is 1. The summed E-state index contributed by atoms with van der Waals surface area (Å²) >= 11 is 1.06. The van der Waals surface area contributed by atoms with E-state index in [9.17, 15) is 67.7 Å². The molecule has 0 unspecified atom stereocenters. The number of nitrogens with one attached hydrogen (secondary N) is 7. The summed E-state index contributed by atoms with van der Waals surface area (Å²) in [4.78, 5) is 165. The molecule has 37 nitrogen and oxygen atoms in total. The van der Waals surface area contributed by atoms with Gasteiger partial charge in [0.05, 0.1) is 156 Å². The van der Waals surface area contributed by atoms with Crippen molar-refractivity contribution in [3.8, 4) is 5.75 Å². The molecule has 656 valence electrons. The number of imide groups is 1. The van der Waals surface area contributed by atoms with Crippen molar-refractivity contribution < 1.29 is 125 Å². The van der Waals surface area contributed by atoms with Crippen LogP contribution in [-0.4, -0.2) is 317 Å². The third-order valence-corrected chi connectivity index (χ3v) is 19.5. The topological polar surface area (TPSA) is 463 Å². The van der Waals surface area contributed by atoms with Gasteiger partial charge in [0.15, 0.2) is 6.10 Å². The number of thiazole rings is 1. The van der Waals surface area contributed by atoms with Gasteiger partial charge in [-0.05, 0) is 96.0 Å². The summed E-state index contributed by atoms with van der Waals surface area (Å²) in [5.41, 5.74) is -0.496. The summed E-state index contributed by atoms with van der Waals surface area (Å²) in [5.74, 6) is -8.66. The fourth-order valence-corrected chi connectivity index (χ4v) is 11.9. The SMILES string of the molecule is CC[C@H](C)[C@H](NC(=O)C(C)(C)N(C)C)C(=O)N(C)[C@H](C[C@@H](OC(C)=O)c1nc(C(=O)N[C@@H](Cc2ccc(O)c(NC(=O)CCOCNC(=O)CNC(=O)[C@H](CCCCNC(=O)COCCOCCOCCOCCOCCOCCOCCOCCOCCOC)NC(=O)CCCN3C(=O)C=CC3=O)c2)C[C@H](C)C(=O)O)cs1)C(C)C. The Hall–Kier alpha value is -8.25. The number of phenols is 1. The molecule has 0 radical (unpaired) electrons. The molecule has 0 saturated heterocycles. The number of unbranched alkanes of at least 4 members (excludes halogenated alkanes) is 1. The second-order valence-corrected chi connectivity index (χ2v) is 29.4. The van der Waals surface area contributed by atoms with Crippen LogP contribution in [0.4, 0.5) is 5.69 Å². The molecule has 2 aromatic rings. The molecule has 0 spiro atoms. The predicted octanol–water partition coefficient (Wildman–Crippen LogP) is 2.46. The second-order valence-electron chi connectivity index (χ2n) is 28.5. The Kier molecular flexibility index (Phi) is 51.5. The fourth-order valence-electron chi connectivity index (χ4n) is 11.0. The van der Waals surface area contributed by atoms with Crippen molar-refractivity contribution in [3.05, 3.63) is 52.0 Å². The number of rotatable bonds is 67. The van der Waals surface area contributed by atoms with E-state index >= 15 is 0 Å². The summed E-state index contributed by atoms with van der Waals surface area (Å²) in [6.07, 6.45) is 2.49. The van der Waals surface area contributed by atoms with Crippen LogP contribution in [0.1, 0.15) is 140 Å². The number of hydrogen-bond acceptors (Lipinski definition) is 28. The monoisotopic (exact) mass is 1670 g/mol. The predicted molar refractivity (Wildman–Crippen MR) is 425 cm³/mol. The first-order chi connectivity index (χ1) is 55.4. The van der Waals surface area contributed by atoms with E-state index in [1.807, 2.05) is 27.7 Å². The molecule has 1 aliphatic heterocycles. The lowest BCUT2D eigenvalue weighted by atomic mass is 9.92. The number of carboxylic acids is 1. The average Bonchev–Trinajstić information content (AvgIpc) is 1.09. The number of anilines is 1. The summed E-state index contributed by atoms with van der Waals surface area (Å²) < 4.78 is 65.3. The first-order valence-electron chi connectivity index (χ1n) is 39.3. The summed E-state index contributed by atoms with van der Waals surface area (Å²) in [6, 6.07) is 0.969. The van der Waals surface area contributed by atoms with Crippen LogP contribution in [0.2, 0.25) is 0 Å². The third-order valence-electron chi connectivity index (χ3n) is 18.5. The van der Waals surface area contributed by atoms with Crippen molar-refractivity contribution in [2.24, 2.45) is 17.8 Å². The lowest BCUT2D eigenvalue weighted by Crippen LogP contribution is -2.60. The maximum Gasteiger partial charge on any atom is 0.306 e. The number of carboxylic acid groups (broad SMARTS) is 1. The molecule has 10 amide bonds. The lowest BCUT2D eigenvalue weighted by Gasteiger charge is -2.38. The van der Waals surface area contributed by atoms with Crippen molar-refractivity contribution in [1.82, 2.24) is 51.6 Å². The van der Waals surface area contributed by atoms with E-state index in [-0.39, 0.29) is 143 Å². The van der Waals surface area contributed by atoms with Gasteiger partial charge >= 0.3 is 11.9 Å². The molecule has 116 heavy (non-hydrogen) atoms. The highest BCUT2D eigenvalue weighted by atomic mass is 32.1. The second kappa shape index (κ2) is 58.6. The van der Waals surface area contributed by atoms with E-state index in [4.69, 9.17) is 56.8 Å². The molecule has 38 heteroatoms. The molecule has 3 rings (SSSR count). The van der Waals surface area contributed by atoms with Crippen LogP contribution in [0.15, 0.2) is 35.7 Å². The maximum absolute atomic E-state index is 14.4. The van der Waals surface area contributed by atoms with Crippen molar-refractivity contribution in [3.63, 3.8) is 0 Å². The number of carbonyl (C=O) groups excluding carboxylic acids is 11. The van der Waals surface area contributed by atoms with Crippen molar-refractivity contribution in [2.45, 2.75) is 155 Å². The number of phenolic OH excluding ortho intramolecular Hbond substituents is 1. The van der Waals surface area contributed by atoms with E-state index in [2.05, 4.69) is 42.2 Å². The minimum absolute atomic E-state index is 0.00665. The lowest BCUT2D eigenvalue weighted by molar-refractivity contribution is -0.149. The van der Waals surface area contributed by atoms with Gasteiger partial charge < -0.3 is 109 Å². The minimum Gasteiger partial charge on any atom is -0.506 e. The number of nitrogens with zero attached hydrogens (tertiary/aromatic N) is 4. The fraction of sp³-hybridized carbons (Fsp3) is 0.705. The van der Waals surface area contributed by atoms with Crippen LogP contribution >= 0.6 is 11.3 Å². The Bertz CT molecular complexity index is 3330. The molecule has 7 atom stereocenters. The number of ether oxygens (including phenoxy) is 12. The van der Waals surface area contributed by atoms with E-state index < -0.39 is 102 Å². The van der Waals surface area contributed by atoms with Gasteiger partial charge in [-0.2, -0.15) is 0 Å². The van der Waals surface area contributed by atoms with Crippen LogP contribution in [0, 0.1) is 17.8 Å². The Balaban J connectivity index is 1.43. The number of esters is 1. The highest BCUT2D eigenvalue weighted by Gasteiger charge is 2.39. The summed E-state index contributed by atoms with van der Waals surface area (Å²) in [5, 5.41) is 41.3. The number of aromatic hydroxyl groups is 1. The zero-order valence-corrected chi connectivity index (χ0v) is 70.3. The smallest absolute Gasteiger partial charge is 0.306 e. The van der Waals surface area contributed by atoms with Crippen molar-refractivity contribution in [1.29, 1.82) is 0 Å². The maximum atomic E-state index is 14.4. The van der Waals surface area contributed by atoms with Gasteiger partial charge in [-0.15, -0.1) is 11.3 Å². The summed E-state index contributed by atoms with van der Waals surface area (Å²) in [6.45, 7) is 20.2. The number of hydrogen-bond donors (Lipinski definition) is 9. The Morgan fingerprint density at radius 3 is 1.72 bits per heavy atom. The average molecular weight is 1670 g/mol. The quantitative estimate of drug-likeness (QED) is 0.0151. The van der Waals surface area contributed by atoms with Crippen LogP contribution < -0.4 is 37.2 Å². The highest BCUT2D eigenvalue weighted by Crippen LogP contribution is 2.32. The molecule has 1 aromatic heterocycles. The number of amides is 10. The molecule has 0 saturated carbocycles. The molecule has 0 fully saturated rings. The molecule has 9 N–H and O–H groups in total. The molecule has 1 aromatic carbocycles. The van der Waals surface area contributed by atoms with Crippen LogP contribution in [0.5, 0.6) is 5.75 Å². The molecule has 2 heterocycles. The van der Waals surface area contributed by atoms with Crippen LogP contribution in [-0.2, 0) is 116 Å². The van der Waals surface area contributed by atoms with Gasteiger partial charge in [-0.25, -0.2) is 4.98 Å². The number of benzene rings is 1. The molecular weight excluding hydrogens is 1540 g/mol. The largest absolute Gasteiger partial charge is 0.506 e. The standard InChI is InChI=1S/C78H127N11O26S/c1-13-54(4)71(86-77(103)78(7,8)87(9)10)75(100)88(11)62(53(2)3)48-64(115-56(6)90)74-85-61(51-116-74)73(99)82-58(45-55(5)76(101)102)46-57-19-20-63(91)60(47-57)84-66(93)23-26-114-52-81-67(94)49-80-72(98)59(83-65(92)18-16-25-89-69(96)21-22-70(89)97)17-14-15-24-79-68(95)50-113-44-43-112-42-41-111-40-39-110-38-37-109-36-35-108-34-33-107-32-31-106-30-29-105-28-27-104-12/h19-22,47,51,53-55,58-59,62,64,71,91H,13-18,23-46,48-50,52H2,1-12H3,(H,79,95)(H,80,98)(H,81,94)(H,82,99)(H,83,92)(H,84,93)(H,86,103)(H,101,102)/t54-,55-,58+,59-,62+,64+,71-/m0/s1. The van der Waals surface area contributed by atoms with Gasteiger partial charge in [0.25, 0.3) is 17.7 Å². The zero-order valence-electron chi connectivity index (χ0n) is 69.5. The number of methoxy groups -OCH3 is 1. The van der Waals surface area contributed by atoms with E-state index in [0.29, 0.717) is 131 Å². The van der Waals surface area contributed by atoms with Crippen molar-refractivity contribution in [2.75, 3.05) is 192 Å². The van der Waals surface area contributed by atoms with Crippen LogP contribution in [0.3, 0.4) is 0 Å². The Labute approximate surface area is 684 Å².